The Morgan fingerprint density at radius 3 is 2.85 bits per heavy atom. The summed E-state index contributed by atoms with van der Waals surface area (Å²) in [6, 6.07) is 0. The number of rotatable bonds is 6. The summed E-state index contributed by atoms with van der Waals surface area (Å²) >= 11 is 6.07. The molecule has 6 heteroatoms. The summed E-state index contributed by atoms with van der Waals surface area (Å²) in [6.07, 6.45) is 7.11. The van der Waals surface area contributed by atoms with Crippen molar-refractivity contribution in [2.45, 2.75) is 25.8 Å². The van der Waals surface area contributed by atoms with Crippen molar-refractivity contribution in [3.63, 3.8) is 0 Å². The summed E-state index contributed by atoms with van der Waals surface area (Å²) in [5.74, 6) is 0. The topological polar surface area (TPSA) is 50.2 Å². The number of halogens is 1. The highest BCUT2D eigenvalue weighted by molar-refractivity contribution is 6.32. The standard InChI is InChI=1S/C14H21ClN4O/c1-2-7-19-14(20)13(15)12(11-17-19)16-6-10-18-8-4-3-5-9-18/h2,11,16H,1,3-10H2. The molecule has 2 rings (SSSR count). The van der Waals surface area contributed by atoms with Gasteiger partial charge in [0.05, 0.1) is 18.4 Å². The van der Waals surface area contributed by atoms with Gasteiger partial charge in [0.25, 0.3) is 5.56 Å². The molecule has 0 radical (unpaired) electrons. The second kappa shape index (κ2) is 7.45. The van der Waals surface area contributed by atoms with Crippen LogP contribution in [0.5, 0.6) is 0 Å². The summed E-state index contributed by atoms with van der Waals surface area (Å²) in [5.41, 5.74) is 0.323. The average molecular weight is 297 g/mol. The van der Waals surface area contributed by atoms with E-state index in [0.29, 0.717) is 12.2 Å². The van der Waals surface area contributed by atoms with E-state index in [9.17, 15) is 4.79 Å². The summed E-state index contributed by atoms with van der Waals surface area (Å²) < 4.78 is 1.30. The normalized spacial score (nSPS) is 16.1. The third-order valence-electron chi connectivity index (χ3n) is 3.48. The summed E-state index contributed by atoms with van der Waals surface area (Å²) in [5, 5.41) is 7.46. The molecule has 0 bridgehead atoms. The molecule has 1 aromatic heterocycles. The number of hydrogen-bond donors (Lipinski definition) is 1. The van der Waals surface area contributed by atoms with Crippen molar-refractivity contribution < 1.29 is 0 Å². The molecular weight excluding hydrogens is 276 g/mol. The van der Waals surface area contributed by atoms with E-state index in [1.807, 2.05) is 0 Å². The molecule has 0 spiro atoms. The fourth-order valence-corrected chi connectivity index (χ4v) is 2.59. The van der Waals surface area contributed by atoms with Gasteiger partial charge in [-0.2, -0.15) is 5.10 Å². The van der Waals surface area contributed by atoms with E-state index in [0.717, 1.165) is 26.2 Å². The van der Waals surface area contributed by atoms with Crippen molar-refractivity contribution in [2.24, 2.45) is 0 Å². The van der Waals surface area contributed by atoms with Crippen molar-refractivity contribution in [2.75, 3.05) is 31.5 Å². The molecule has 0 atom stereocenters. The smallest absolute Gasteiger partial charge is 0.287 e. The van der Waals surface area contributed by atoms with Crippen LogP contribution in [0.25, 0.3) is 0 Å². The van der Waals surface area contributed by atoms with E-state index >= 15 is 0 Å². The van der Waals surface area contributed by atoms with Gasteiger partial charge in [-0.05, 0) is 25.9 Å². The van der Waals surface area contributed by atoms with E-state index in [1.165, 1.54) is 23.9 Å². The van der Waals surface area contributed by atoms with Crippen LogP contribution in [-0.2, 0) is 6.54 Å². The molecule has 0 amide bonds. The zero-order valence-electron chi connectivity index (χ0n) is 11.6. The first-order valence-corrected chi connectivity index (χ1v) is 7.43. The van der Waals surface area contributed by atoms with E-state index in [1.54, 1.807) is 12.3 Å². The van der Waals surface area contributed by atoms with Gasteiger partial charge < -0.3 is 10.2 Å². The molecule has 1 aliphatic heterocycles. The highest BCUT2D eigenvalue weighted by Crippen LogP contribution is 2.15. The molecule has 0 aliphatic carbocycles. The monoisotopic (exact) mass is 296 g/mol. The van der Waals surface area contributed by atoms with Gasteiger partial charge in [-0.15, -0.1) is 6.58 Å². The minimum absolute atomic E-state index is 0.195. The first kappa shape index (κ1) is 15.1. The maximum atomic E-state index is 11.9. The van der Waals surface area contributed by atoms with Crippen LogP contribution in [-0.4, -0.2) is 40.9 Å². The van der Waals surface area contributed by atoms with Crippen LogP contribution in [0.4, 0.5) is 5.69 Å². The Bertz CT molecular complexity index is 508. The predicted molar refractivity (Wildman–Crippen MR) is 82.5 cm³/mol. The van der Waals surface area contributed by atoms with Crippen molar-refractivity contribution in [1.82, 2.24) is 14.7 Å². The SMILES string of the molecule is C=CCn1ncc(NCCN2CCCCC2)c(Cl)c1=O. The van der Waals surface area contributed by atoms with Crippen LogP contribution in [0, 0.1) is 0 Å². The van der Waals surface area contributed by atoms with E-state index in [4.69, 9.17) is 11.6 Å². The molecular formula is C14H21ClN4O. The molecule has 2 heterocycles. The van der Waals surface area contributed by atoms with Crippen LogP contribution in [0.1, 0.15) is 19.3 Å². The second-order valence-electron chi connectivity index (χ2n) is 4.98. The lowest BCUT2D eigenvalue weighted by Crippen LogP contribution is -2.34. The van der Waals surface area contributed by atoms with Gasteiger partial charge in [-0.1, -0.05) is 24.1 Å². The fourth-order valence-electron chi connectivity index (χ4n) is 2.37. The fraction of sp³-hybridized carbons (Fsp3) is 0.571. The molecule has 110 valence electrons. The highest BCUT2D eigenvalue weighted by Gasteiger charge is 2.11. The molecule has 5 nitrogen and oxygen atoms in total. The van der Waals surface area contributed by atoms with Crippen molar-refractivity contribution in [3.05, 3.63) is 34.2 Å². The molecule has 0 unspecified atom stereocenters. The summed E-state index contributed by atoms with van der Waals surface area (Å²) in [4.78, 5) is 14.3. The number of likely N-dealkylation sites (tertiary alicyclic amines) is 1. The quantitative estimate of drug-likeness (QED) is 0.816. The lowest BCUT2D eigenvalue weighted by molar-refractivity contribution is 0.237. The number of aromatic nitrogens is 2. The minimum atomic E-state index is -0.283. The van der Waals surface area contributed by atoms with E-state index < -0.39 is 0 Å². The molecule has 1 aliphatic rings. The Morgan fingerprint density at radius 1 is 1.40 bits per heavy atom. The number of piperidine rings is 1. The molecule has 1 fully saturated rings. The summed E-state index contributed by atoms with van der Waals surface area (Å²) in [6.45, 7) is 8.01. The number of nitrogens with one attached hydrogen (secondary N) is 1. The summed E-state index contributed by atoms with van der Waals surface area (Å²) in [7, 11) is 0. The number of nitrogens with zero attached hydrogens (tertiary/aromatic N) is 3. The molecule has 20 heavy (non-hydrogen) atoms. The first-order valence-electron chi connectivity index (χ1n) is 7.05. The van der Waals surface area contributed by atoms with E-state index in [2.05, 4.69) is 21.9 Å². The molecule has 1 N–H and O–H groups in total. The van der Waals surface area contributed by atoms with Gasteiger partial charge in [-0.25, -0.2) is 4.68 Å². The van der Waals surface area contributed by atoms with Crippen molar-refractivity contribution in [1.29, 1.82) is 0 Å². The lowest BCUT2D eigenvalue weighted by atomic mass is 10.1. The van der Waals surface area contributed by atoms with E-state index in [-0.39, 0.29) is 10.6 Å². The Labute approximate surface area is 124 Å². The third-order valence-corrected chi connectivity index (χ3v) is 3.84. The molecule has 0 saturated carbocycles. The van der Waals surface area contributed by atoms with Gasteiger partial charge in [0.15, 0.2) is 0 Å². The zero-order valence-corrected chi connectivity index (χ0v) is 12.4. The highest BCUT2D eigenvalue weighted by atomic mass is 35.5. The van der Waals surface area contributed by atoms with Crippen molar-refractivity contribution >= 4 is 17.3 Å². The average Bonchev–Trinajstić information content (AvgIpc) is 2.48. The second-order valence-corrected chi connectivity index (χ2v) is 5.36. The largest absolute Gasteiger partial charge is 0.381 e. The Hall–Kier alpha value is -1.33. The Morgan fingerprint density at radius 2 is 2.15 bits per heavy atom. The molecule has 1 aromatic rings. The molecule has 0 aromatic carbocycles. The number of anilines is 1. The minimum Gasteiger partial charge on any atom is -0.381 e. The number of allylic oxidation sites excluding steroid dienone is 1. The van der Waals surface area contributed by atoms with Crippen LogP contribution in [0.2, 0.25) is 5.02 Å². The van der Waals surface area contributed by atoms with Crippen LogP contribution >= 0.6 is 11.6 Å². The molecule has 1 saturated heterocycles. The van der Waals surface area contributed by atoms with Gasteiger partial charge in [0, 0.05) is 13.1 Å². The number of hydrogen-bond acceptors (Lipinski definition) is 4. The zero-order chi connectivity index (χ0) is 14.4. The van der Waals surface area contributed by atoms with Crippen LogP contribution < -0.4 is 10.9 Å². The van der Waals surface area contributed by atoms with Gasteiger partial charge >= 0.3 is 0 Å². The Balaban J connectivity index is 1.91. The third kappa shape index (κ3) is 3.84. The van der Waals surface area contributed by atoms with Gasteiger partial charge in [-0.3, -0.25) is 4.79 Å². The lowest BCUT2D eigenvalue weighted by Gasteiger charge is -2.26. The van der Waals surface area contributed by atoms with Crippen LogP contribution in [0.15, 0.2) is 23.6 Å². The van der Waals surface area contributed by atoms with Gasteiger partial charge in [0.2, 0.25) is 0 Å². The first-order chi connectivity index (χ1) is 9.72. The van der Waals surface area contributed by atoms with Crippen molar-refractivity contribution in [3.8, 4) is 0 Å². The van der Waals surface area contributed by atoms with Crippen LogP contribution in [0.3, 0.4) is 0 Å². The maximum Gasteiger partial charge on any atom is 0.287 e. The maximum absolute atomic E-state index is 11.9. The van der Waals surface area contributed by atoms with Gasteiger partial charge in [0.1, 0.15) is 5.02 Å². The predicted octanol–water partition coefficient (Wildman–Crippen LogP) is 1.98. The Kier molecular flexibility index (Phi) is 5.61.